The number of aromatic amines is 1. The Bertz CT molecular complexity index is 265. The third-order valence-corrected chi connectivity index (χ3v) is 2.92. The maximum Gasteiger partial charge on any atom is 0.0337 e. The zero-order valence-electron chi connectivity index (χ0n) is 7.80. The van der Waals surface area contributed by atoms with E-state index < -0.39 is 0 Å². The van der Waals surface area contributed by atoms with E-state index >= 15 is 0 Å². The van der Waals surface area contributed by atoms with Crippen molar-refractivity contribution < 1.29 is 0 Å². The van der Waals surface area contributed by atoms with E-state index in [4.69, 9.17) is 0 Å². The minimum atomic E-state index is 0.602. The van der Waals surface area contributed by atoms with Crippen molar-refractivity contribution in [3.63, 3.8) is 0 Å². The monoisotopic (exact) mass is 164 g/mol. The van der Waals surface area contributed by atoms with Gasteiger partial charge in [-0.2, -0.15) is 0 Å². The van der Waals surface area contributed by atoms with Crippen LogP contribution < -0.4 is 0 Å². The van der Waals surface area contributed by atoms with Crippen LogP contribution in [-0.2, 0) is 6.42 Å². The molecule has 1 aliphatic heterocycles. The zero-order chi connectivity index (χ0) is 8.55. The summed E-state index contributed by atoms with van der Waals surface area (Å²) in [6.07, 6.45) is 3.24. The highest BCUT2D eigenvalue weighted by atomic mass is 15.2. The maximum absolute atomic E-state index is 3.31. The van der Waals surface area contributed by atoms with E-state index in [-0.39, 0.29) is 0 Å². The zero-order valence-corrected chi connectivity index (χ0v) is 7.80. The molecule has 2 heterocycles. The van der Waals surface area contributed by atoms with Gasteiger partial charge in [0.05, 0.1) is 0 Å². The minimum absolute atomic E-state index is 0.602. The van der Waals surface area contributed by atoms with Gasteiger partial charge in [-0.25, -0.2) is 0 Å². The van der Waals surface area contributed by atoms with E-state index in [9.17, 15) is 0 Å². The predicted molar refractivity (Wildman–Crippen MR) is 50.2 cm³/mol. The second kappa shape index (κ2) is 2.94. The molecule has 1 aliphatic rings. The highest BCUT2D eigenvalue weighted by molar-refractivity contribution is 5.26. The van der Waals surface area contributed by atoms with Gasteiger partial charge in [0.15, 0.2) is 0 Å². The van der Waals surface area contributed by atoms with Crippen LogP contribution in [-0.4, -0.2) is 23.0 Å². The molecule has 0 aliphatic carbocycles. The lowest BCUT2D eigenvalue weighted by molar-refractivity contribution is 0.209. The van der Waals surface area contributed by atoms with Crippen molar-refractivity contribution in [3.8, 4) is 0 Å². The van der Waals surface area contributed by atoms with Gasteiger partial charge in [0, 0.05) is 30.9 Å². The number of rotatable bonds is 1. The standard InChI is InChI=1S/C10H16N2/c1-3-12-7-5-10-9(8(12)2)4-6-11-10/h4,6,8,11H,3,5,7H2,1-2H3/t8-/m0/s1. The van der Waals surface area contributed by atoms with Gasteiger partial charge >= 0.3 is 0 Å². The number of nitrogens with zero attached hydrogens (tertiary/aromatic N) is 1. The second-order valence-corrected chi connectivity index (χ2v) is 3.47. The first-order valence-corrected chi connectivity index (χ1v) is 4.73. The summed E-state index contributed by atoms with van der Waals surface area (Å²) in [5.41, 5.74) is 2.93. The Balaban J connectivity index is 2.29. The number of nitrogens with one attached hydrogen (secondary N) is 1. The van der Waals surface area contributed by atoms with Gasteiger partial charge in [-0.15, -0.1) is 0 Å². The van der Waals surface area contributed by atoms with E-state index in [0.717, 1.165) is 6.54 Å². The Labute approximate surface area is 73.6 Å². The van der Waals surface area contributed by atoms with Gasteiger partial charge in [0.25, 0.3) is 0 Å². The van der Waals surface area contributed by atoms with E-state index in [1.807, 2.05) is 0 Å². The maximum atomic E-state index is 3.31. The Morgan fingerprint density at radius 3 is 3.25 bits per heavy atom. The van der Waals surface area contributed by atoms with E-state index in [1.54, 1.807) is 0 Å². The summed E-state index contributed by atoms with van der Waals surface area (Å²) in [5.74, 6) is 0. The van der Waals surface area contributed by atoms with Crippen molar-refractivity contribution in [1.29, 1.82) is 0 Å². The molecule has 0 bridgehead atoms. The van der Waals surface area contributed by atoms with Gasteiger partial charge in [-0.3, -0.25) is 4.90 Å². The molecule has 1 aromatic rings. The van der Waals surface area contributed by atoms with Crippen molar-refractivity contribution in [3.05, 3.63) is 23.5 Å². The van der Waals surface area contributed by atoms with Gasteiger partial charge < -0.3 is 4.98 Å². The van der Waals surface area contributed by atoms with Crippen LogP contribution in [0.15, 0.2) is 12.3 Å². The van der Waals surface area contributed by atoms with E-state index in [0.29, 0.717) is 6.04 Å². The highest BCUT2D eigenvalue weighted by Gasteiger charge is 2.22. The summed E-state index contributed by atoms with van der Waals surface area (Å²) < 4.78 is 0. The summed E-state index contributed by atoms with van der Waals surface area (Å²) in [5, 5.41) is 0. The number of aromatic nitrogens is 1. The van der Waals surface area contributed by atoms with Crippen LogP contribution in [0.5, 0.6) is 0 Å². The third kappa shape index (κ3) is 1.07. The Hall–Kier alpha value is -0.760. The molecule has 0 saturated carbocycles. The van der Waals surface area contributed by atoms with Crippen LogP contribution in [0.1, 0.15) is 31.1 Å². The number of hydrogen-bond donors (Lipinski definition) is 1. The van der Waals surface area contributed by atoms with Crippen LogP contribution in [0.3, 0.4) is 0 Å². The molecule has 0 unspecified atom stereocenters. The summed E-state index contributed by atoms with van der Waals surface area (Å²) >= 11 is 0. The lowest BCUT2D eigenvalue weighted by Crippen LogP contribution is -2.33. The fourth-order valence-corrected chi connectivity index (χ4v) is 2.10. The van der Waals surface area contributed by atoms with Crippen LogP contribution in [0.25, 0.3) is 0 Å². The average molecular weight is 164 g/mol. The van der Waals surface area contributed by atoms with Crippen LogP contribution in [0, 0.1) is 0 Å². The number of likely N-dealkylation sites (N-methyl/N-ethyl adjacent to an activating group) is 1. The topological polar surface area (TPSA) is 19.0 Å². The largest absolute Gasteiger partial charge is 0.365 e. The molecule has 1 N–H and O–H groups in total. The first-order valence-electron chi connectivity index (χ1n) is 4.73. The second-order valence-electron chi connectivity index (χ2n) is 3.47. The Morgan fingerprint density at radius 2 is 2.50 bits per heavy atom. The predicted octanol–water partition coefficient (Wildman–Crippen LogP) is 1.95. The van der Waals surface area contributed by atoms with Gasteiger partial charge in [0.2, 0.25) is 0 Å². The molecule has 1 atom stereocenters. The number of H-pyrrole nitrogens is 1. The Morgan fingerprint density at radius 1 is 1.67 bits per heavy atom. The normalized spacial score (nSPS) is 24.0. The smallest absolute Gasteiger partial charge is 0.0337 e. The van der Waals surface area contributed by atoms with E-state index in [1.165, 1.54) is 24.2 Å². The molecule has 0 fully saturated rings. The van der Waals surface area contributed by atoms with Gasteiger partial charge in [0.1, 0.15) is 0 Å². The molecule has 0 radical (unpaired) electrons. The fourth-order valence-electron chi connectivity index (χ4n) is 2.10. The van der Waals surface area contributed by atoms with Crippen molar-refractivity contribution in [2.75, 3.05) is 13.1 Å². The molecule has 2 rings (SSSR count). The SMILES string of the molecule is CCN1CCc2[nH]ccc2[C@@H]1C. The Kier molecular flexibility index (Phi) is 1.93. The van der Waals surface area contributed by atoms with Crippen LogP contribution in [0.4, 0.5) is 0 Å². The molecule has 12 heavy (non-hydrogen) atoms. The van der Waals surface area contributed by atoms with E-state index in [2.05, 4.69) is 36.0 Å². The molecule has 0 spiro atoms. The summed E-state index contributed by atoms with van der Waals surface area (Å²) in [6, 6.07) is 2.81. The first kappa shape index (κ1) is 7.87. The van der Waals surface area contributed by atoms with Crippen molar-refractivity contribution in [2.45, 2.75) is 26.3 Å². The summed E-state index contributed by atoms with van der Waals surface area (Å²) in [4.78, 5) is 5.82. The van der Waals surface area contributed by atoms with Crippen LogP contribution >= 0.6 is 0 Å². The highest BCUT2D eigenvalue weighted by Crippen LogP contribution is 2.27. The van der Waals surface area contributed by atoms with Gasteiger partial charge in [-0.1, -0.05) is 6.92 Å². The van der Waals surface area contributed by atoms with Crippen molar-refractivity contribution >= 4 is 0 Å². The fraction of sp³-hybridized carbons (Fsp3) is 0.600. The molecule has 0 saturated heterocycles. The summed E-state index contributed by atoms with van der Waals surface area (Å²) in [7, 11) is 0. The molecular weight excluding hydrogens is 148 g/mol. The van der Waals surface area contributed by atoms with Crippen molar-refractivity contribution in [2.24, 2.45) is 0 Å². The lowest BCUT2D eigenvalue weighted by Gasteiger charge is -2.32. The molecule has 0 amide bonds. The number of hydrogen-bond acceptors (Lipinski definition) is 1. The quantitative estimate of drug-likeness (QED) is 0.672. The number of fused-ring (bicyclic) bond motifs is 1. The van der Waals surface area contributed by atoms with Crippen molar-refractivity contribution in [1.82, 2.24) is 9.88 Å². The van der Waals surface area contributed by atoms with Gasteiger partial charge in [-0.05, 0) is 25.1 Å². The molecule has 0 aromatic carbocycles. The summed E-state index contributed by atoms with van der Waals surface area (Å²) in [6.45, 7) is 6.88. The molecule has 2 heteroatoms. The molecule has 2 nitrogen and oxygen atoms in total. The first-order chi connectivity index (χ1) is 5.83. The molecule has 1 aromatic heterocycles. The van der Waals surface area contributed by atoms with Crippen LogP contribution in [0.2, 0.25) is 0 Å². The molecular formula is C10H16N2. The minimum Gasteiger partial charge on any atom is -0.365 e. The lowest BCUT2D eigenvalue weighted by atomic mass is 10.0. The third-order valence-electron chi connectivity index (χ3n) is 2.92. The average Bonchev–Trinajstić information content (AvgIpc) is 2.53. The molecule has 66 valence electrons.